The maximum atomic E-state index is 13.2. The molecule has 11 heteroatoms. The van der Waals surface area contributed by atoms with Crippen LogP contribution in [0.3, 0.4) is 0 Å². The lowest BCUT2D eigenvalue weighted by Gasteiger charge is -2.18. The van der Waals surface area contributed by atoms with Crippen LogP contribution in [-0.4, -0.2) is 38.6 Å². The molecule has 5 rings (SSSR count). The number of nitriles is 1. The van der Waals surface area contributed by atoms with Crippen LogP contribution < -0.4 is 21.8 Å². The fourth-order valence-electron chi connectivity index (χ4n) is 4.82. The van der Waals surface area contributed by atoms with Crippen LogP contribution in [0.4, 0.5) is 11.6 Å². The fraction of sp³-hybridized carbons (Fsp3) is 0.242. The third kappa shape index (κ3) is 6.30. The van der Waals surface area contributed by atoms with Gasteiger partial charge < -0.3 is 30.5 Å². The minimum absolute atomic E-state index is 0.238. The first-order valence-electron chi connectivity index (χ1n) is 14.2. The van der Waals surface area contributed by atoms with Crippen molar-refractivity contribution in [2.45, 2.75) is 45.9 Å². The molecule has 3 aromatic carbocycles. The highest BCUT2D eigenvalue weighted by Gasteiger charge is 2.24. The van der Waals surface area contributed by atoms with Gasteiger partial charge in [-0.15, -0.1) is 0 Å². The molecule has 0 fully saturated rings. The van der Waals surface area contributed by atoms with E-state index < -0.39 is 24.0 Å². The molecule has 0 spiro atoms. The molecule has 2 amide bonds. The van der Waals surface area contributed by atoms with Crippen molar-refractivity contribution in [3.63, 3.8) is 0 Å². The summed E-state index contributed by atoms with van der Waals surface area (Å²) in [5.74, 6) is -0.0595. The maximum absolute atomic E-state index is 13.2. The standard InChI is InChI=1S/C33H32N6O5/c1-18(2)12-13-39-26-15-29-24(14-25(26)37-33(39)36-23-10-4-20(17-34)5-11-23)27(41)16-28(44-29)21-6-8-22(9-7-21)32(43)38-30(19(3)40)31(35)42/h4-11,14-16,18-19,30,40H,12-13H2,1-3H3,(H2,35,42)(H,36,37)(H,38,43)/t19-,30+/m1/s1. The van der Waals surface area contributed by atoms with Gasteiger partial charge in [-0.2, -0.15) is 5.26 Å². The summed E-state index contributed by atoms with van der Waals surface area (Å²) in [6.07, 6.45) is -0.258. The number of benzene rings is 3. The number of nitrogens with zero attached hydrogens (tertiary/aromatic N) is 3. The highest BCUT2D eigenvalue weighted by molar-refractivity contribution is 5.98. The first kappa shape index (κ1) is 30.0. The Kier molecular flexibility index (Phi) is 8.46. The van der Waals surface area contributed by atoms with E-state index >= 15 is 0 Å². The number of aromatic nitrogens is 2. The summed E-state index contributed by atoms with van der Waals surface area (Å²) < 4.78 is 8.27. The molecule has 0 saturated heterocycles. The molecule has 2 atom stereocenters. The molecule has 0 aliphatic heterocycles. The number of fused-ring (bicyclic) bond motifs is 2. The average Bonchev–Trinajstić information content (AvgIpc) is 3.33. The molecule has 2 aromatic heterocycles. The lowest BCUT2D eigenvalue weighted by Crippen LogP contribution is -2.50. The number of nitrogens with two attached hydrogens (primary N) is 1. The van der Waals surface area contributed by atoms with E-state index in [-0.39, 0.29) is 11.0 Å². The summed E-state index contributed by atoms with van der Waals surface area (Å²) in [5, 5.41) is 25.0. The zero-order valence-electron chi connectivity index (χ0n) is 24.5. The number of aryl methyl sites for hydroxylation is 1. The van der Waals surface area contributed by atoms with Gasteiger partial charge in [0, 0.05) is 35.5 Å². The number of carbonyl (C=O) groups is 2. The number of carbonyl (C=O) groups excluding carboxylic acids is 2. The minimum Gasteiger partial charge on any atom is -0.456 e. The zero-order chi connectivity index (χ0) is 31.5. The number of rotatable bonds is 10. The first-order valence-corrected chi connectivity index (χ1v) is 14.2. The highest BCUT2D eigenvalue weighted by atomic mass is 16.3. The molecule has 44 heavy (non-hydrogen) atoms. The number of hydrogen-bond donors (Lipinski definition) is 4. The minimum atomic E-state index is -1.23. The Morgan fingerprint density at radius 2 is 1.77 bits per heavy atom. The Morgan fingerprint density at radius 3 is 2.39 bits per heavy atom. The molecule has 0 saturated carbocycles. The monoisotopic (exact) mass is 592 g/mol. The van der Waals surface area contributed by atoms with E-state index in [4.69, 9.17) is 20.4 Å². The normalized spacial score (nSPS) is 12.6. The van der Waals surface area contributed by atoms with Gasteiger partial charge >= 0.3 is 0 Å². The molecule has 2 heterocycles. The number of nitrogens with one attached hydrogen (secondary N) is 2. The van der Waals surface area contributed by atoms with Crippen LogP contribution in [-0.2, 0) is 11.3 Å². The van der Waals surface area contributed by atoms with Gasteiger partial charge in [0.2, 0.25) is 11.9 Å². The number of hydrogen-bond acceptors (Lipinski definition) is 8. The first-order chi connectivity index (χ1) is 21.0. The second kappa shape index (κ2) is 12.4. The lowest BCUT2D eigenvalue weighted by molar-refractivity contribution is -0.122. The van der Waals surface area contributed by atoms with E-state index in [0.717, 1.165) is 17.6 Å². The van der Waals surface area contributed by atoms with Crippen LogP contribution in [0.25, 0.3) is 33.3 Å². The molecule has 5 aromatic rings. The molecule has 11 nitrogen and oxygen atoms in total. The third-order valence-electron chi connectivity index (χ3n) is 7.30. The van der Waals surface area contributed by atoms with Crippen LogP contribution in [0, 0.1) is 17.2 Å². The smallest absolute Gasteiger partial charge is 0.252 e. The van der Waals surface area contributed by atoms with Gasteiger partial charge in [-0.25, -0.2) is 4.98 Å². The second-order valence-corrected chi connectivity index (χ2v) is 11.1. The number of amides is 2. The van der Waals surface area contributed by atoms with E-state index in [0.29, 0.717) is 51.8 Å². The van der Waals surface area contributed by atoms with E-state index in [1.807, 2.05) is 18.2 Å². The SMILES string of the molecule is CC(C)CCn1c(Nc2ccc(C#N)cc2)nc2cc3c(=O)cc(-c4ccc(C(=O)N[C@H](C(N)=O)[C@@H](C)O)cc4)oc3cc21. The van der Waals surface area contributed by atoms with Crippen molar-refractivity contribution in [2.24, 2.45) is 11.7 Å². The van der Waals surface area contributed by atoms with Gasteiger partial charge in [0.1, 0.15) is 17.4 Å². The van der Waals surface area contributed by atoms with Crippen molar-refractivity contribution in [2.75, 3.05) is 5.32 Å². The summed E-state index contributed by atoms with van der Waals surface area (Å²) in [4.78, 5) is 42.2. The van der Waals surface area contributed by atoms with Crippen LogP contribution in [0.15, 0.2) is 75.9 Å². The molecule has 0 aliphatic carbocycles. The Labute approximate surface area is 252 Å². The summed E-state index contributed by atoms with van der Waals surface area (Å²) in [6, 6.07) is 19.2. The van der Waals surface area contributed by atoms with E-state index in [2.05, 4.69) is 35.1 Å². The molecule has 0 aliphatic rings. The molecular formula is C33H32N6O5. The number of anilines is 2. The Balaban J connectivity index is 1.50. The molecular weight excluding hydrogens is 560 g/mol. The zero-order valence-corrected chi connectivity index (χ0v) is 24.5. The van der Waals surface area contributed by atoms with Crippen LogP contribution in [0.2, 0.25) is 0 Å². The van der Waals surface area contributed by atoms with Crippen molar-refractivity contribution >= 4 is 45.5 Å². The van der Waals surface area contributed by atoms with Crippen molar-refractivity contribution in [1.82, 2.24) is 14.9 Å². The van der Waals surface area contributed by atoms with E-state index in [1.54, 1.807) is 30.3 Å². The Morgan fingerprint density at radius 1 is 1.07 bits per heavy atom. The number of imidazole rings is 1. The lowest BCUT2D eigenvalue weighted by atomic mass is 10.1. The predicted molar refractivity (Wildman–Crippen MR) is 167 cm³/mol. The van der Waals surface area contributed by atoms with Crippen molar-refractivity contribution in [3.8, 4) is 17.4 Å². The fourth-order valence-corrected chi connectivity index (χ4v) is 4.82. The van der Waals surface area contributed by atoms with Crippen LogP contribution >= 0.6 is 0 Å². The average molecular weight is 593 g/mol. The predicted octanol–water partition coefficient (Wildman–Crippen LogP) is 4.44. The van der Waals surface area contributed by atoms with Gasteiger partial charge in [0.05, 0.1) is 34.2 Å². The number of primary amides is 1. The largest absolute Gasteiger partial charge is 0.456 e. The third-order valence-corrected chi connectivity index (χ3v) is 7.30. The van der Waals surface area contributed by atoms with Gasteiger partial charge in [-0.05, 0) is 61.7 Å². The molecule has 0 unspecified atom stereocenters. The van der Waals surface area contributed by atoms with Crippen molar-refractivity contribution in [1.29, 1.82) is 5.26 Å². The maximum Gasteiger partial charge on any atom is 0.252 e. The van der Waals surface area contributed by atoms with Gasteiger partial charge in [0.15, 0.2) is 5.43 Å². The van der Waals surface area contributed by atoms with Crippen molar-refractivity contribution < 1.29 is 19.1 Å². The molecule has 5 N–H and O–H groups in total. The molecule has 0 radical (unpaired) electrons. The van der Waals surface area contributed by atoms with Gasteiger partial charge in [0.25, 0.3) is 5.91 Å². The number of aliphatic hydroxyl groups is 1. The molecule has 0 bridgehead atoms. The van der Waals surface area contributed by atoms with Gasteiger partial charge in [-0.3, -0.25) is 14.4 Å². The van der Waals surface area contributed by atoms with Gasteiger partial charge in [-0.1, -0.05) is 26.0 Å². The highest BCUT2D eigenvalue weighted by Crippen LogP contribution is 2.30. The topological polar surface area (TPSA) is 176 Å². The quantitative estimate of drug-likeness (QED) is 0.184. The van der Waals surface area contributed by atoms with E-state index in [1.165, 1.54) is 25.1 Å². The summed E-state index contributed by atoms with van der Waals surface area (Å²) in [5.41, 5.74) is 8.98. The van der Waals surface area contributed by atoms with Crippen LogP contribution in [0.1, 0.15) is 43.1 Å². The summed E-state index contributed by atoms with van der Waals surface area (Å²) in [6.45, 7) is 6.33. The van der Waals surface area contributed by atoms with Crippen molar-refractivity contribution in [3.05, 3.63) is 88.1 Å². The Hall–Kier alpha value is -5.47. The van der Waals surface area contributed by atoms with E-state index in [9.17, 15) is 19.5 Å². The Bertz CT molecular complexity index is 1950. The summed E-state index contributed by atoms with van der Waals surface area (Å²) >= 11 is 0. The number of aliphatic hydroxyl groups excluding tert-OH is 1. The second-order valence-electron chi connectivity index (χ2n) is 11.1. The summed E-state index contributed by atoms with van der Waals surface area (Å²) in [7, 11) is 0. The van der Waals surface area contributed by atoms with Crippen LogP contribution in [0.5, 0.6) is 0 Å². The molecule has 224 valence electrons.